The molecule has 2 aliphatic rings. The van der Waals surface area contributed by atoms with Crippen LogP contribution in [-0.4, -0.2) is 33.4 Å². The van der Waals surface area contributed by atoms with E-state index in [1.807, 2.05) is 13.1 Å². The number of hydrogen-bond donors (Lipinski definition) is 2. The Bertz CT molecular complexity index is 1110. The first kappa shape index (κ1) is 19.9. The van der Waals surface area contributed by atoms with Crippen LogP contribution in [0.25, 0.3) is 16.8 Å². The molecule has 2 amide bonds. The predicted molar refractivity (Wildman–Crippen MR) is 126 cm³/mol. The summed E-state index contributed by atoms with van der Waals surface area (Å²) in [5.41, 5.74) is 6.48. The van der Waals surface area contributed by atoms with Crippen LogP contribution in [0.15, 0.2) is 36.5 Å². The van der Waals surface area contributed by atoms with Gasteiger partial charge in [0.05, 0.1) is 5.69 Å². The number of carbonyl (C=O) groups is 1. The molecule has 0 radical (unpaired) electrons. The number of anilines is 2. The highest BCUT2D eigenvalue weighted by molar-refractivity contribution is 5.92. The van der Waals surface area contributed by atoms with Crippen molar-refractivity contribution in [2.24, 2.45) is 0 Å². The molecule has 0 atom stereocenters. The van der Waals surface area contributed by atoms with Gasteiger partial charge in [0, 0.05) is 31.5 Å². The number of amides is 2. The SMILES string of the molecule is CCCc1nc2cc(-c3ccc4c(c3)CN(C)C(=O)N4)ccn2c1NC1CCCCC1. The number of benzene rings is 1. The number of nitrogens with zero attached hydrogens (tertiary/aromatic N) is 3. The normalized spacial score (nSPS) is 17.0. The number of urea groups is 1. The maximum absolute atomic E-state index is 11.9. The van der Waals surface area contributed by atoms with E-state index in [-0.39, 0.29) is 6.03 Å². The van der Waals surface area contributed by atoms with E-state index in [1.54, 1.807) is 4.90 Å². The molecule has 2 aromatic heterocycles. The second-order valence-electron chi connectivity index (χ2n) is 8.94. The van der Waals surface area contributed by atoms with Gasteiger partial charge in [-0.15, -0.1) is 0 Å². The zero-order valence-electron chi connectivity index (χ0n) is 18.4. The largest absolute Gasteiger partial charge is 0.367 e. The van der Waals surface area contributed by atoms with Gasteiger partial charge in [0.1, 0.15) is 11.5 Å². The number of hydrogen-bond acceptors (Lipinski definition) is 3. The topological polar surface area (TPSA) is 61.7 Å². The Morgan fingerprint density at radius 2 is 1.94 bits per heavy atom. The van der Waals surface area contributed by atoms with Gasteiger partial charge in [0.2, 0.25) is 0 Å². The Kier molecular flexibility index (Phi) is 5.30. The first-order chi connectivity index (χ1) is 15.1. The molecule has 6 heteroatoms. The number of fused-ring (bicyclic) bond motifs is 2. The number of carbonyl (C=O) groups excluding carboxylic acids is 1. The van der Waals surface area contributed by atoms with Crippen molar-refractivity contribution in [3.63, 3.8) is 0 Å². The van der Waals surface area contributed by atoms with Crippen LogP contribution in [0.5, 0.6) is 0 Å². The molecule has 1 saturated carbocycles. The summed E-state index contributed by atoms with van der Waals surface area (Å²) in [6, 6.07) is 11.1. The van der Waals surface area contributed by atoms with Gasteiger partial charge in [-0.25, -0.2) is 9.78 Å². The minimum atomic E-state index is -0.0551. The summed E-state index contributed by atoms with van der Waals surface area (Å²) in [5.74, 6) is 1.17. The Hall–Kier alpha value is -3.02. The van der Waals surface area contributed by atoms with Crippen molar-refractivity contribution in [3.8, 4) is 11.1 Å². The number of pyridine rings is 1. The summed E-state index contributed by atoms with van der Waals surface area (Å²) in [6.45, 7) is 2.83. The van der Waals surface area contributed by atoms with E-state index in [1.165, 1.54) is 43.6 Å². The summed E-state index contributed by atoms with van der Waals surface area (Å²) in [4.78, 5) is 18.6. The summed E-state index contributed by atoms with van der Waals surface area (Å²) in [5, 5.41) is 6.76. The highest BCUT2D eigenvalue weighted by Gasteiger charge is 2.21. The van der Waals surface area contributed by atoms with E-state index >= 15 is 0 Å². The molecule has 5 rings (SSSR count). The molecule has 0 spiro atoms. The van der Waals surface area contributed by atoms with E-state index in [0.717, 1.165) is 40.9 Å². The Morgan fingerprint density at radius 1 is 1.13 bits per heavy atom. The Balaban J connectivity index is 1.49. The van der Waals surface area contributed by atoms with Crippen LogP contribution in [-0.2, 0) is 13.0 Å². The smallest absolute Gasteiger partial charge is 0.321 e. The average molecular weight is 418 g/mol. The molecule has 162 valence electrons. The minimum absolute atomic E-state index is 0.0551. The van der Waals surface area contributed by atoms with Crippen LogP contribution in [0.1, 0.15) is 56.7 Å². The van der Waals surface area contributed by atoms with Crippen molar-refractivity contribution in [2.45, 2.75) is 64.5 Å². The number of aromatic nitrogens is 2. The second kappa shape index (κ2) is 8.25. The third-order valence-corrected chi connectivity index (χ3v) is 6.57. The fraction of sp³-hybridized carbons (Fsp3) is 0.440. The third-order valence-electron chi connectivity index (χ3n) is 6.57. The molecule has 3 aromatic rings. The Morgan fingerprint density at radius 3 is 2.74 bits per heavy atom. The van der Waals surface area contributed by atoms with Gasteiger partial charge < -0.3 is 15.5 Å². The Labute approximate surface area is 183 Å². The predicted octanol–water partition coefficient (Wildman–Crippen LogP) is 5.68. The van der Waals surface area contributed by atoms with Crippen molar-refractivity contribution in [1.82, 2.24) is 14.3 Å². The maximum atomic E-state index is 11.9. The fourth-order valence-corrected chi connectivity index (χ4v) is 4.84. The van der Waals surface area contributed by atoms with Crippen molar-refractivity contribution in [1.29, 1.82) is 0 Å². The summed E-state index contributed by atoms with van der Waals surface area (Å²) >= 11 is 0. The monoisotopic (exact) mass is 417 g/mol. The molecule has 6 nitrogen and oxygen atoms in total. The lowest BCUT2D eigenvalue weighted by Gasteiger charge is -2.26. The standard InChI is InChI=1S/C25H31N5O/c1-3-7-22-24(26-20-8-5-4-6-9-20)30-13-12-18(15-23(30)27-22)17-10-11-21-19(14-17)16-29(2)25(31)28-21/h10-15,20,26H,3-9,16H2,1-2H3,(H,28,31). The highest BCUT2D eigenvalue weighted by Crippen LogP contribution is 2.31. The van der Waals surface area contributed by atoms with Crippen LogP contribution >= 0.6 is 0 Å². The van der Waals surface area contributed by atoms with Crippen LogP contribution in [0.2, 0.25) is 0 Å². The average Bonchev–Trinajstić information content (AvgIpc) is 3.11. The molecular formula is C25H31N5O. The second-order valence-corrected chi connectivity index (χ2v) is 8.94. The van der Waals surface area contributed by atoms with E-state index in [2.05, 4.69) is 52.4 Å². The zero-order chi connectivity index (χ0) is 21.4. The van der Waals surface area contributed by atoms with Crippen LogP contribution in [0, 0.1) is 0 Å². The molecular weight excluding hydrogens is 386 g/mol. The van der Waals surface area contributed by atoms with Gasteiger partial charge in [-0.3, -0.25) is 4.40 Å². The molecule has 0 saturated heterocycles. The van der Waals surface area contributed by atoms with Gasteiger partial charge in [-0.1, -0.05) is 38.7 Å². The maximum Gasteiger partial charge on any atom is 0.321 e. The number of aryl methyl sites for hydroxylation is 1. The summed E-state index contributed by atoms with van der Waals surface area (Å²) in [7, 11) is 1.82. The lowest BCUT2D eigenvalue weighted by atomic mass is 9.95. The molecule has 3 heterocycles. The van der Waals surface area contributed by atoms with E-state index in [0.29, 0.717) is 12.6 Å². The third kappa shape index (κ3) is 3.87. The van der Waals surface area contributed by atoms with Gasteiger partial charge in [0.15, 0.2) is 0 Å². The van der Waals surface area contributed by atoms with Crippen molar-refractivity contribution in [3.05, 3.63) is 47.8 Å². The quantitative estimate of drug-likeness (QED) is 0.562. The summed E-state index contributed by atoms with van der Waals surface area (Å²) in [6.07, 6.45) is 10.7. The van der Waals surface area contributed by atoms with Crippen molar-refractivity contribution < 1.29 is 4.79 Å². The fourth-order valence-electron chi connectivity index (χ4n) is 4.84. The van der Waals surface area contributed by atoms with Crippen molar-refractivity contribution >= 4 is 23.2 Å². The van der Waals surface area contributed by atoms with Crippen LogP contribution in [0.3, 0.4) is 0 Å². The van der Waals surface area contributed by atoms with Crippen LogP contribution < -0.4 is 10.6 Å². The van der Waals surface area contributed by atoms with E-state index in [9.17, 15) is 4.79 Å². The highest BCUT2D eigenvalue weighted by atomic mass is 16.2. The van der Waals surface area contributed by atoms with Crippen LogP contribution in [0.4, 0.5) is 16.3 Å². The molecule has 1 aliphatic heterocycles. The molecule has 1 aromatic carbocycles. The van der Waals surface area contributed by atoms with Gasteiger partial charge in [-0.05, 0) is 60.2 Å². The van der Waals surface area contributed by atoms with Gasteiger partial charge in [-0.2, -0.15) is 0 Å². The molecule has 0 bridgehead atoms. The number of nitrogens with one attached hydrogen (secondary N) is 2. The van der Waals surface area contributed by atoms with Gasteiger partial charge in [0.25, 0.3) is 0 Å². The number of rotatable bonds is 5. The zero-order valence-corrected chi connectivity index (χ0v) is 18.4. The minimum Gasteiger partial charge on any atom is -0.367 e. The molecule has 0 unspecified atom stereocenters. The van der Waals surface area contributed by atoms with Crippen molar-refractivity contribution in [2.75, 3.05) is 17.7 Å². The first-order valence-corrected chi connectivity index (χ1v) is 11.6. The van der Waals surface area contributed by atoms with E-state index in [4.69, 9.17) is 4.98 Å². The first-order valence-electron chi connectivity index (χ1n) is 11.6. The summed E-state index contributed by atoms with van der Waals surface area (Å²) < 4.78 is 2.22. The lowest BCUT2D eigenvalue weighted by molar-refractivity contribution is 0.218. The lowest BCUT2D eigenvalue weighted by Crippen LogP contribution is -2.35. The van der Waals surface area contributed by atoms with Gasteiger partial charge >= 0.3 is 6.03 Å². The molecule has 1 aliphatic carbocycles. The molecule has 31 heavy (non-hydrogen) atoms. The number of imidazole rings is 1. The molecule has 1 fully saturated rings. The molecule has 2 N–H and O–H groups in total. The van der Waals surface area contributed by atoms with E-state index < -0.39 is 0 Å².